The molecule has 11 heteroatoms. The summed E-state index contributed by atoms with van der Waals surface area (Å²) < 4.78 is 86.8. The van der Waals surface area contributed by atoms with Crippen LogP contribution in [0.2, 0.25) is 0 Å². The second-order valence-electron chi connectivity index (χ2n) is 9.36. The lowest BCUT2D eigenvalue weighted by atomic mass is 9.75. The second kappa shape index (κ2) is 10.6. The molecule has 2 aromatic carbocycles. The van der Waals surface area contributed by atoms with Crippen LogP contribution in [0.25, 0.3) is 0 Å². The summed E-state index contributed by atoms with van der Waals surface area (Å²) in [4.78, 5) is 21.4. The van der Waals surface area contributed by atoms with Crippen molar-refractivity contribution in [3.8, 4) is 0 Å². The Morgan fingerprint density at radius 1 is 0.972 bits per heavy atom. The summed E-state index contributed by atoms with van der Waals surface area (Å²) in [5.41, 5.74) is -2.20. The number of hydrogen-bond acceptors (Lipinski definition) is 3. The predicted octanol–water partition coefficient (Wildman–Crippen LogP) is 7.37. The van der Waals surface area contributed by atoms with Gasteiger partial charge in [0.1, 0.15) is 12.4 Å². The van der Waals surface area contributed by atoms with Gasteiger partial charge in [0.2, 0.25) is 5.91 Å². The third-order valence-corrected chi connectivity index (χ3v) is 6.82. The number of benzene rings is 2. The lowest BCUT2D eigenvalue weighted by Crippen LogP contribution is -2.46. The highest BCUT2D eigenvalue weighted by Gasteiger charge is 2.46. The Bertz CT molecular complexity index is 1050. The quantitative estimate of drug-likeness (QED) is 0.339. The maximum Gasteiger partial charge on any atom is 0.416 e. The molecule has 1 N–H and O–H groups in total. The summed E-state index contributed by atoms with van der Waals surface area (Å²) in [6.07, 6.45) is -4.76. The van der Waals surface area contributed by atoms with Crippen LogP contribution < -0.4 is 5.32 Å². The fourth-order valence-corrected chi connectivity index (χ4v) is 5.11. The van der Waals surface area contributed by atoms with Gasteiger partial charge in [-0.2, -0.15) is 31.2 Å². The fourth-order valence-electron chi connectivity index (χ4n) is 5.11. The maximum absolute atomic E-state index is 13.0. The topological polar surface area (TPSA) is 58.5 Å². The summed E-state index contributed by atoms with van der Waals surface area (Å²) in [6, 6.07) is 7.82. The first kappa shape index (κ1) is 27.6. The molecule has 1 aliphatic carbocycles. The van der Waals surface area contributed by atoms with Gasteiger partial charge >= 0.3 is 12.4 Å². The second-order valence-corrected chi connectivity index (χ2v) is 9.36. The van der Waals surface area contributed by atoms with Crippen molar-refractivity contribution in [1.82, 2.24) is 5.32 Å². The van der Waals surface area contributed by atoms with E-state index in [4.69, 9.17) is 0 Å². The first-order valence-corrected chi connectivity index (χ1v) is 11.4. The highest BCUT2D eigenvalue weighted by Crippen LogP contribution is 2.48. The first-order valence-electron chi connectivity index (χ1n) is 11.4. The van der Waals surface area contributed by atoms with Crippen molar-refractivity contribution in [3.63, 3.8) is 0 Å². The van der Waals surface area contributed by atoms with Gasteiger partial charge in [0.05, 0.1) is 11.1 Å². The molecule has 1 saturated carbocycles. The Balaban J connectivity index is 0.000000202. The van der Waals surface area contributed by atoms with Gasteiger partial charge in [0.25, 0.3) is 0 Å². The SMILES string of the molecule is C[C@@]1(C2CCCC2c2ccc(F)cc2)CCC(=O)N1.O=NCc1cc(C(F)(F)F)cc(C(F)(F)F)c1. The number of carbonyl (C=O) groups excluding carboxylic acids is 1. The van der Waals surface area contributed by atoms with E-state index in [0.717, 1.165) is 19.3 Å². The Morgan fingerprint density at radius 3 is 2.03 bits per heavy atom. The molecule has 1 heterocycles. The maximum atomic E-state index is 13.0. The lowest BCUT2D eigenvalue weighted by Gasteiger charge is -2.35. The number of amides is 1. The minimum absolute atomic E-state index is 0.00565. The number of hydrogen-bond donors (Lipinski definition) is 1. The number of rotatable bonds is 4. The summed E-state index contributed by atoms with van der Waals surface area (Å²) in [7, 11) is 0. The van der Waals surface area contributed by atoms with Gasteiger partial charge in [-0.05, 0) is 79.5 Å². The minimum Gasteiger partial charge on any atom is -0.351 e. The molecule has 3 atom stereocenters. The average molecular weight is 518 g/mol. The molecule has 2 aliphatic rings. The molecule has 0 spiro atoms. The number of carbonyl (C=O) groups is 1. The van der Waals surface area contributed by atoms with Gasteiger partial charge in [0, 0.05) is 12.0 Å². The van der Waals surface area contributed by atoms with Crippen molar-refractivity contribution in [2.45, 2.75) is 69.4 Å². The molecule has 4 rings (SSSR count). The van der Waals surface area contributed by atoms with Gasteiger partial charge < -0.3 is 5.32 Å². The molecule has 4 nitrogen and oxygen atoms in total. The summed E-state index contributed by atoms with van der Waals surface area (Å²) >= 11 is 0. The molecule has 1 saturated heterocycles. The van der Waals surface area contributed by atoms with E-state index in [1.54, 1.807) is 12.1 Å². The normalized spacial score (nSPS) is 24.2. The molecule has 1 aliphatic heterocycles. The van der Waals surface area contributed by atoms with Crippen LogP contribution in [0.5, 0.6) is 0 Å². The molecule has 1 amide bonds. The first-order chi connectivity index (χ1) is 16.7. The number of halogens is 7. The number of nitroso groups, excluding NO2 is 1. The average Bonchev–Trinajstić information content (AvgIpc) is 3.41. The monoisotopic (exact) mass is 518 g/mol. The van der Waals surface area contributed by atoms with Gasteiger partial charge in [-0.15, -0.1) is 0 Å². The van der Waals surface area contributed by atoms with E-state index in [9.17, 15) is 40.4 Å². The van der Waals surface area contributed by atoms with E-state index in [1.807, 2.05) is 12.1 Å². The molecule has 0 radical (unpaired) electrons. The smallest absolute Gasteiger partial charge is 0.351 e. The highest BCUT2D eigenvalue weighted by molar-refractivity contribution is 5.79. The van der Waals surface area contributed by atoms with Gasteiger partial charge in [-0.25, -0.2) is 4.39 Å². The molecule has 2 unspecified atom stereocenters. The number of nitrogens with one attached hydrogen (secondary N) is 1. The van der Waals surface area contributed by atoms with Crippen LogP contribution in [0.4, 0.5) is 30.7 Å². The molecule has 2 aromatic rings. The zero-order valence-electron chi connectivity index (χ0n) is 19.3. The zero-order chi connectivity index (χ0) is 26.7. The lowest BCUT2D eigenvalue weighted by molar-refractivity contribution is -0.143. The molecular formula is C25H25F7N2O2. The van der Waals surface area contributed by atoms with Crippen molar-refractivity contribution in [3.05, 3.63) is 75.4 Å². The fraction of sp³-hybridized carbons (Fsp3) is 0.480. The molecule has 0 aromatic heterocycles. The van der Waals surface area contributed by atoms with E-state index in [0.29, 0.717) is 30.4 Å². The van der Waals surface area contributed by atoms with E-state index in [-0.39, 0.29) is 23.3 Å². The Hall–Kier alpha value is -2.98. The van der Waals surface area contributed by atoms with Crippen LogP contribution in [0, 0.1) is 16.6 Å². The minimum atomic E-state index is -4.90. The molecule has 2 fully saturated rings. The largest absolute Gasteiger partial charge is 0.416 e. The van der Waals surface area contributed by atoms with E-state index < -0.39 is 35.6 Å². The molecule has 0 bridgehead atoms. The van der Waals surface area contributed by atoms with Crippen LogP contribution in [-0.4, -0.2) is 11.4 Å². The third-order valence-electron chi connectivity index (χ3n) is 6.82. The van der Waals surface area contributed by atoms with Crippen LogP contribution in [0.1, 0.15) is 67.2 Å². The molecule has 196 valence electrons. The number of nitrogens with zero attached hydrogens (tertiary/aromatic N) is 1. The van der Waals surface area contributed by atoms with Crippen molar-refractivity contribution in [2.75, 3.05) is 0 Å². The van der Waals surface area contributed by atoms with Gasteiger partial charge in [0.15, 0.2) is 0 Å². The zero-order valence-corrected chi connectivity index (χ0v) is 19.3. The van der Waals surface area contributed by atoms with Crippen LogP contribution in [-0.2, 0) is 23.7 Å². The van der Waals surface area contributed by atoms with Gasteiger partial charge in [-0.3, -0.25) is 4.79 Å². The summed E-state index contributed by atoms with van der Waals surface area (Å²) in [5, 5.41) is 5.44. The molecular weight excluding hydrogens is 493 g/mol. The van der Waals surface area contributed by atoms with Crippen molar-refractivity contribution in [2.24, 2.45) is 11.1 Å². The van der Waals surface area contributed by atoms with E-state index >= 15 is 0 Å². The Labute approximate surface area is 203 Å². The summed E-state index contributed by atoms with van der Waals surface area (Å²) in [6.45, 7) is 1.43. The molecule has 36 heavy (non-hydrogen) atoms. The van der Waals surface area contributed by atoms with Crippen LogP contribution >= 0.6 is 0 Å². The summed E-state index contributed by atoms with van der Waals surface area (Å²) in [5.74, 6) is 0.916. The van der Waals surface area contributed by atoms with Crippen molar-refractivity contribution >= 4 is 5.91 Å². The predicted molar refractivity (Wildman–Crippen MR) is 118 cm³/mol. The Morgan fingerprint density at radius 2 is 1.56 bits per heavy atom. The highest BCUT2D eigenvalue weighted by atomic mass is 19.4. The Kier molecular flexibility index (Phi) is 8.10. The van der Waals surface area contributed by atoms with Crippen molar-refractivity contribution < 1.29 is 35.5 Å². The third kappa shape index (κ3) is 6.61. The van der Waals surface area contributed by atoms with E-state index in [2.05, 4.69) is 17.4 Å². The van der Waals surface area contributed by atoms with E-state index in [1.165, 1.54) is 12.0 Å². The standard InChI is InChI=1S/C16H20FNO.C9H5F6NO/c1-16(10-9-15(19)18-16)14-4-2-3-13(14)11-5-7-12(17)8-6-11;10-8(11,12)6-1-5(4-16-17)2-7(3-6)9(13,14)15/h5-8,13-14H,2-4,9-10H2,1H3,(H,18,19);1-3H,4H2/t13?,14?,16-;/m0./s1. The van der Waals surface area contributed by atoms with Crippen LogP contribution in [0.3, 0.4) is 0 Å². The van der Waals surface area contributed by atoms with Gasteiger partial charge in [-0.1, -0.05) is 23.7 Å². The van der Waals surface area contributed by atoms with Crippen LogP contribution in [0.15, 0.2) is 47.6 Å². The van der Waals surface area contributed by atoms with Crippen molar-refractivity contribution in [1.29, 1.82) is 0 Å². The number of alkyl halides is 6.